The Kier molecular flexibility index (Phi) is 4.80. The van der Waals surface area contributed by atoms with Crippen LogP contribution >= 0.6 is 11.8 Å². The fourth-order valence-corrected chi connectivity index (χ4v) is 2.11. The molecule has 0 spiro atoms. The van der Waals surface area contributed by atoms with Crippen LogP contribution in [0.3, 0.4) is 0 Å². The van der Waals surface area contributed by atoms with E-state index in [1.807, 2.05) is 18.5 Å². The second-order valence-corrected chi connectivity index (χ2v) is 6.03. The van der Waals surface area contributed by atoms with Crippen molar-refractivity contribution in [1.29, 1.82) is 0 Å². The molecule has 0 fully saturated rings. The van der Waals surface area contributed by atoms with E-state index in [1.54, 1.807) is 11.8 Å². The molecule has 0 unspecified atom stereocenters. The first kappa shape index (κ1) is 13.5. The molecule has 0 bridgehead atoms. The summed E-state index contributed by atoms with van der Waals surface area (Å²) in [4.78, 5) is 0. The first-order chi connectivity index (χ1) is 7.40. The number of aryl methyl sites for hydroxylation is 1. The Hall–Kier alpha value is -0.550. The van der Waals surface area contributed by atoms with E-state index in [1.165, 1.54) is 0 Å². The van der Waals surface area contributed by atoms with Crippen LogP contribution in [-0.2, 0) is 7.05 Å². The molecule has 1 aromatic heterocycles. The van der Waals surface area contributed by atoms with Crippen LogP contribution in [0.25, 0.3) is 0 Å². The van der Waals surface area contributed by atoms with Gasteiger partial charge in [-0.25, -0.2) is 0 Å². The fourth-order valence-electron chi connectivity index (χ4n) is 1.21. The molecule has 0 atom stereocenters. The molecule has 1 heterocycles. The van der Waals surface area contributed by atoms with Gasteiger partial charge in [0.25, 0.3) is 0 Å². The Morgan fingerprint density at radius 1 is 1.31 bits per heavy atom. The Labute approximate surface area is 102 Å². The van der Waals surface area contributed by atoms with Crippen molar-refractivity contribution >= 4 is 11.8 Å². The molecule has 16 heavy (non-hydrogen) atoms. The summed E-state index contributed by atoms with van der Waals surface area (Å²) >= 11 is 1.77. The zero-order chi connectivity index (χ0) is 12.2. The van der Waals surface area contributed by atoms with Gasteiger partial charge in [0, 0.05) is 18.3 Å². The smallest absolute Gasteiger partial charge is 0.190 e. The first-order valence-electron chi connectivity index (χ1n) is 5.64. The third-order valence-corrected chi connectivity index (χ3v) is 3.37. The first-order valence-corrected chi connectivity index (χ1v) is 6.62. The van der Waals surface area contributed by atoms with Crippen LogP contribution in [0.15, 0.2) is 5.16 Å². The summed E-state index contributed by atoms with van der Waals surface area (Å²) in [5.41, 5.74) is 0.214. The van der Waals surface area contributed by atoms with E-state index in [0.29, 0.717) is 0 Å². The Bertz CT molecular complexity index is 327. The van der Waals surface area contributed by atoms with E-state index < -0.39 is 0 Å². The van der Waals surface area contributed by atoms with Crippen LogP contribution < -0.4 is 5.32 Å². The van der Waals surface area contributed by atoms with Crippen molar-refractivity contribution < 1.29 is 0 Å². The monoisotopic (exact) mass is 242 g/mol. The van der Waals surface area contributed by atoms with Crippen LogP contribution in [0.1, 0.15) is 33.0 Å². The van der Waals surface area contributed by atoms with Crippen LogP contribution in [0.5, 0.6) is 0 Å². The summed E-state index contributed by atoms with van der Waals surface area (Å²) in [6.07, 6.45) is 1.15. The molecule has 4 nitrogen and oxygen atoms in total. The van der Waals surface area contributed by atoms with Crippen molar-refractivity contribution in [3.63, 3.8) is 0 Å². The highest BCUT2D eigenvalue weighted by atomic mass is 32.2. The van der Waals surface area contributed by atoms with Crippen LogP contribution in [0, 0.1) is 6.92 Å². The summed E-state index contributed by atoms with van der Waals surface area (Å²) in [5.74, 6) is 2.05. The number of aromatic nitrogens is 3. The summed E-state index contributed by atoms with van der Waals surface area (Å²) in [6, 6.07) is 0. The average Bonchev–Trinajstić information content (AvgIpc) is 2.47. The summed E-state index contributed by atoms with van der Waals surface area (Å²) in [5, 5.41) is 12.6. The topological polar surface area (TPSA) is 42.7 Å². The van der Waals surface area contributed by atoms with Crippen LogP contribution in [0.4, 0.5) is 0 Å². The summed E-state index contributed by atoms with van der Waals surface area (Å²) in [6.45, 7) is 9.58. The third kappa shape index (κ3) is 4.53. The Balaban J connectivity index is 2.19. The maximum atomic E-state index is 4.12. The molecule has 0 aromatic carbocycles. The van der Waals surface area contributed by atoms with E-state index in [-0.39, 0.29) is 5.54 Å². The highest BCUT2D eigenvalue weighted by Crippen LogP contribution is 2.15. The van der Waals surface area contributed by atoms with Gasteiger partial charge >= 0.3 is 0 Å². The van der Waals surface area contributed by atoms with Crippen molar-refractivity contribution in [2.24, 2.45) is 7.05 Å². The van der Waals surface area contributed by atoms with Gasteiger partial charge in [0.15, 0.2) is 5.16 Å². The number of rotatable bonds is 5. The molecular formula is C11H22N4S. The molecule has 0 aliphatic heterocycles. The highest BCUT2D eigenvalue weighted by Gasteiger charge is 2.08. The molecule has 0 radical (unpaired) electrons. The number of thioether (sulfide) groups is 1. The van der Waals surface area contributed by atoms with E-state index in [2.05, 4.69) is 36.3 Å². The highest BCUT2D eigenvalue weighted by molar-refractivity contribution is 7.99. The van der Waals surface area contributed by atoms with Gasteiger partial charge in [-0.05, 0) is 40.7 Å². The molecule has 1 rings (SSSR count). The van der Waals surface area contributed by atoms with Crippen molar-refractivity contribution in [3.05, 3.63) is 5.82 Å². The Morgan fingerprint density at radius 3 is 2.50 bits per heavy atom. The van der Waals surface area contributed by atoms with Gasteiger partial charge in [-0.1, -0.05) is 11.8 Å². The zero-order valence-electron chi connectivity index (χ0n) is 10.9. The fraction of sp³-hybridized carbons (Fsp3) is 0.818. The normalized spacial score (nSPS) is 12.1. The largest absolute Gasteiger partial charge is 0.312 e. The molecule has 0 aliphatic rings. The minimum absolute atomic E-state index is 0.214. The Morgan fingerprint density at radius 2 is 2.00 bits per heavy atom. The van der Waals surface area contributed by atoms with Crippen LogP contribution in [-0.4, -0.2) is 32.6 Å². The number of nitrogens with zero attached hydrogens (tertiary/aromatic N) is 3. The lowest BCUT2D eigenvalue weighted by molar-refractivity contribution is 0.427. The molecule has 0 saturated carbocycles. The van der Waals surface area contributed by atoms with Gasteiger partial charge in [0.2, 0.25) is 0 Å². The second kappa shape index (κ2) is 5.68. The standard InChI is InChI=1S/C11H22N4S/c1-9-13-14-10(15(9)5)16-8-6-7-12-11(2,3)4/h12H,6-8H2,1-5H3. The SMILES string of the molecule is Cc1nnc(SCCCNC(C)(C)C)n1C. The zero-order valence-corrected chi connectivity index (χ0v) is 11.7. The number of hydrogen-bond donors (Lipinski definition) is 1. The maximum Gasteiger partial charge on any atom is 0.190 e. The van der Waals surface area contributed by atoms with Crippen molar-refractivity contribution in [2.75, 3.05) is 12.3 Å². The average molecular weight is 242 g/mol. The summed E-state index contributed by atoms with van der Waals surface area (Å²) < 4.78 is 2.03. The molecular weight excluding hydrogens is 220 g/mol. The van der Waals surface area contributed by atoms with Crippen molar-refractivity contribution in [1.82, 2.24) is 20.1 Å². The molecule has 1 aromatic rings. The number of nitrogens with one attached hydrogen (secondary N) is 1. The predicted octanol–water partition coefficient (Wildman–Crippen LogP) is 1.99. The molecule has 5 heteroatoms. The summed E-state index contributed by atoms with van der Waals surface area (Å²) in [7, 11) is 2.01. The van der Waals surface area contributed by atoms with E-state index >= 15 is 0 Å². The van der Waals surface area contributed by atoms with E-state index in [0.717, 1.165) is 29.7 Å². The lowest BCUT2D eigenvalue weighted by atomic mass is 10.1. The van der Waals surface area contributed by atoms with Gasteiger partial charge in [0.05, 0.1) is 0 Å². The quantitative estimate of drug-likeness (QED) is 0.633. The minimum atomic E-state index is 0.214. The van der Waals surface area contributed by atoms with Crippen LogP contribution in [0.2, 0.25) is 0 Å². The van der Waals surface area contributed by atoms with Gasteiger partial charge in [-0.15, -0.1) is 10.2 Å². The van der Waals surface area contributed by atoms with Gasteiger partial charge < -0.3 is 9.88 Å². The molecule has 92 valence electrons. The molecule has 0 saturated heterocycles. The minimum Gasteiger partial charge on any atom is -0.312 e. The second-order valence-electron chi connectivity index (χ2n) is 4.97. The van der Waals surface area contributed by atoms with E-state index in [4.69, 9.17) is 0 Å². The van der Waals surface area contributed by atoms with Crippen molar-refractivity contribution in [2.45, 2.75) is 44.8 Å². The molecule has 0 amide bonds. The van der Waals surface area contributed by atoms with Gasteiger partial charge in [-0.3, -0.25) is 0 Å². The molecule has 1 N–H and O–H groups in total. The van der Waals surface area contributed by atoms with E-state index in [9.17, 15) is 0 Å². The molecule has 0 aliphatic carbocycles. The van der Waals surface area contributed by atoms with Gasteiger partial charge in [-0.2, -0.15) is 0 Å². The lowest BCUT2D eigenvalue weighted by Gasteiger charge is -2.20. The van der Waals surface area contributed by atoms with Crippen molar-refractivity contribution in [3.8, 4) is 0 Å². The lowest BCUT2D eigenvalue weighted by Crippen LogP contribution is -2.36. The number of hydrogen-bond acceptors (Lipinski definition) is 4. The van der Waals surface area contributed by atoms with Gasteiger partial charge in [0.1, 0.15) is 5.82 Å². The predicted molar refractivity (Wildman–Crippen MR) is 68.8 cm³/mol. The third-order valence-electron chi connectivity index (χ3n) is 2.26. The maximum absolute atomic E-state index is 4.12.